The number of nitrogen functional groups attached to an aromatic ring is 1. The number of Topliss-reactive ketones (excluding diaryl/α,β-unsaturated/α-hetero) is 2. The standard InChI is InChI=1S/C21H22FN3O7.ClH/c1-25(2)15-8-4-6-3-7-12(10(26)5-9(22)14(7)23)16(27)11(6)18(29)21(8,32)19(30)13(17(15)28)20(24)31;/h5-6,8,15,26,28-29,32H,3-4,23H2,1-2H3,(H2,24,31);1H. The number of aliphatic hydroxyl groups excluding tert-OH is 2. The fraction of sp³-hybridized carbons (Fsp3) is 0.381. The SMILES string of the molecule is CN(C)C1C(O)=C(C(N)=O)C(=O)C2(O)C(O)=C3C(=O)c4c(O)cc(F)c(N)c4CC3CC12.Cl. The summed E-state index contributed by atoms with van der Waals surface area (Å²) in [5.41, 5.74) is 6.52. The third-order valence-electron chi connectivity index (χ3n) is 6.72. The maximum atomic E-state index is 14.1. The average molecular weight is 484 g/mol. The van der Waals surface area contributed by atoms with Crippen LogP contribution < -0.4 is 11.5 Å². The summed E-state index contributed by atoms with van der Waals surface area (Å²) in [6.07, 6.45) is -0.159. The zero-order valence-corrected chi connectivity index (χ0v) is 18.4. The van der Waals surface area contributed by atoms with Crippen LogP contribution in [0.5, 0.6) is 5.75 Å². The first-order valence-electron chi connectivity index (χ1n) is 9.78. The molecule has 0 aliphatic heterocycles. The predicted molar refractivity (Wildman–Crippen MR) is 115 cm³/mol. The third-order valence-corrected chi connectivity index (χ3v) is 6.72. The van der Waals surface area contributed by atoms with E-state index in [0.717, 1.165) is 0 Å². The summed E-state index contributed by atoms with van der Waals surface area (Å²) in [6, 6.07) is -0.428. The van der Waals surface area contributed by atoms with E-state index < -0.39 is 69.6 Å². The van der Waals surface area contributed by atoms with E-state index >= 15 is 0 Å². The largest absolute Gasteiger partial charge is 0.510 e. The Balaban J connectivity index is 0.00000306. The number of halogens is 2. The maximum absolute atomic E-state index is 14.1. The summed E-state index contributed by atoms with van der Waals surface area (Å²) in [6.45, 7) is 0. The quantitative estimate of drug-likeness (QED) is 0.195. The highest BCUT2D eigenvalue weighted by atomic mass is 35.5. The highest BCUT2D eigenvalue weighted by Crippen LogP contribution is 2.52. The van der Waals surface area contributed by atoms with Crippen molar-refractivity contribution in [1.82, 2.24) is 4.90 Å². The van der Waals surface area contributed by atoms with Crippen molar-refractivity contribution in [3.05, 3.63) is 45.7 Å². The van der Waals surface area contributed by atoms with E-state index in [1.807, 2.05) is 0 Å². The molecule has 4 atom stereocenters. The number of carbonyl (C=O) groups excluding carboxylic acids is 3. The number of nitrogens with two attached hydrogens (primary N) is 2. The van der Waals surface area contributed by atoms with Crippen LogP contribution in [0.25, 0.3) is 0 Å². The van der Waals surface area contributed by atoms with Gasteiger partial charge in [-0.1, -0.05) is 0 Å². The van der Waals surface area contributed by atoms with E-state index in [1.54, 1.807) is 0 Å². The topological polar surface area (TPSA) is 187 Å². The molecule has 3 aliphatic rings. The molecule has 1 aromatic rings. The first-order valence-corrected chi connectivity index (χ1v) is 9.78. The van der Waals surface area contributed by atoms with Crippen molar-refractivity contribution >= 4 is 35.6 Å². The number of amides is 1. The molecule has 0 heterocycles. The van der Waals surface area contributed by atoms with Crippen LogP contribution in [0.1, 0.15) is 22.3 Å². The minimum Gasteiger partial charge on any atom is -0.510 e. The summed E-state index contributed by atoms with van der Waals surface area (Å²) in [5.74, 6) is -8.75. The van der Waals surface area contributed by atoms with Crippen LogP contribution >= 0.6 is 12.4 Å². The van der Waals surface area contributed by atoms with E-state index in [-0.39, 0.29) is 47.6 Å². The van der Waals surface area contributed by atoms with Gasteiger partial charge in [-0.3, -0.25) is 19.3 Å². The van der Waals surface area contributed by atoms with Gasteiger partial charge in [0.2, 0.25) is 5.78 Å². The zero-order valence-electron chi connectivity index (χ0n) is 17.6. The number of likely N-dealkylation sites (N-methyl/N-ethyl adjacent to an activating group) is 1. The van der Waals surface area contributed by atoms with Gasteiger partial charge < -0.3 is 31.9 Å². The average Bonchev–Trinajstić information content (AvgIpc) is 2.68. The second-order valence-electron chi connectivity index (χ2n) is 8.61. The van der Waals surface area contributed by atoms with Gasteiger partial charge >= 0.3 is 0 Å². The molecule has 33 heavy (non-hydrogen) atoms. The molecule has 1 amide bonds. The molecule has 3 aliphatic carbocycles. The Kier molecular flexibility index (Phi) is 5.73. The summed E-state index contributed by atoms with van der Waals surface area (Å²) in [4.78, 5) is 39.7. The van der Waals surface area contributed by atoms with Crippen molar-refractivity contribution in [2.45, 2.75) is 24.5 Å². The van der Waals surface area contributed by atoms with Crippen molar-refractivity contribution in [1.29, 1.82) is 0 Å². The number of anilines is 1. The Labute approximate surface area is 193 Å². The molecule has 0 saturated heterocycles. The minimum absolute atomic E-state index is 0. The summed E-state index contributed by atoms with van der Waals surface area (Å²) in [7, 11) is 3.05. The van der Waals surface area contributed by atoms with Crippen LogP contribution in [0.3, 0.4) is 0 Å². The van der Waals surface area contributed by atoms with Gasteiger partial charge in [-0.25, -0.2) is 4.39 Å². The number of hydrogen-bond donors (Lipinski definition) is 6. The van der Waals surface area contributed by atoms with Crippen molar-refractivity contribution < 1.29 is 39.2 Å². The van der Waals surface area contributed by atoms with Gasteiger partial charge in [0.1, 0.15) is 28.7 Å². The number of nitrogens with zero attached hydrogens (tertiary/aromatic N) is 1. The van der Waals surface area contributed by atoms with Gasteiger partial charge in [-0.05, 0) is 38.4 Å². The normalized spacial score (nSPS) is 28.8. The van der Waals surface area contributed by atoms with Gasteiger partial charge in [0.25, 0.3) is 5.91 Å². The molecular formula is C21H23ClFN3O7. The molecule has 0 aromatic heterocycles. The number of phenols is 1. The second kappa shape index (κ2) is 7.72. The molecule has 8 N–H and O–H groups in total. The first-order chi connectivity index (χ1) is 14.8. The van der Waals surface area contributed by atoms with Crippen molar-refractivity contribution in [3.8, 4) is 5.75 Å². The number of hydrogen-bond acceptors (Lipinski definition) is 9. The number of benzene rings is 1. The number of rotatable bonds is 2. The lowest BCUT2D eigenvalue weighted by Gasteiger charge is -2.50. The van der Waals surface area contributed by atoms with Crippen LogP contribution in [-0.2, 0) is 16.0 Å². The zero-order chi connectivity index (χ0) is 23.9. The number of carbonyl (C=O) groups is 3. The van der Waals surface area contributed by atoms with Crippen molar-refractivity contribution in [3.63, 3.8) is 0 Å². The lowest BCUT2D eigenvalue weighted by Crippen LogP contribution is -2.63. The van der Waals surface area contributed by atoms with Crippen LogP contribution in [0.2, 0.25) is 0 Å². The summed E-state index contributed by atoms with van der Waals surface area (Å²) < 4.78 is 14.1. The number of ketones is 2. The first kappa shape index (κ1) is 24.5. The molecule has 0 saturated carbocycles. The molecule has 1 aromatic carbocycles. The number of primary amides is 1. The molecule has 0 fully saturated rings. The van der Waals surface area contributed by atoms with Crippen molar-refractivity contribution in [2.75, 3.05) is 19.8 Å². The van der Waals surface area contributed by atoms with Gasteiger partial charge in [-0.15, -0.1) is 12.4 Å². The monoisotopic (exact) mass is 483 g/mol. The molecule has 4 unspecified atom stereocenters. The predicted octanol–water partition coefficient (Wildman–Crippen LogP) is 0.264. The lowest BCUT2D eigenvalue weighted by atomic mass is 9.58. The number of phenolic OH excluding ortho intramolecular Hbond substituents is 1. The molecule has 0 bridgehead atoms. The van der Waals surface area contributed by atoms with Gasteiger partial charge in [0, 0.05) is 17.6 Å². The highest BCUT2D eigenvalue weighted by Gasteiger charge is 2.63. The number of aliphatic hydroxyl groups is 3. The Morgan fingerprint density at radius 2 is 1.85 bits per heavy atom. The van der Waals surface area contributed by atoms with E-state index in [0.29, 0.717) is 6.07 Å². The van der Waals surface area contributed by atoms with E-state index in [1.165, 1.54) is 19.0 Å². The van der Waals surface area contributed by atoms with Crippen LogP contribution in [-0.4, -0.2) is 68.5 Å². The Hall–Kier alpha value is -3.15. The molecule has 4 rings (SSSR count). The molecule has 0 radical (unpaired) electrons. The Morgan fingerprint density at radius 3 is 2.39 bits per heavy atom. The summed E-state index contributed by atoms with van der Waals surface area (Å²) in [5, 5.41) is 43.3. The van der Waals surface area contributed by atoms with Gasteiger partial charge in [-0.2, -0.15) is 0 Å². The molecule has 10 nitrogen and oxygen atoms in total. The Bertz CT molecular complexity index is 1180. The van der Waals surface area contributed by atoms with E-state index in [2.05, 4.69) is 0 Å². The molecule has 0 spiro atoms. The van der Waals surface area contributed by atoms with Crippen LogP contribution in [0.15, 0.2) is 28.7 Å². The molecule has 12 heteroatoms. The molecule has 178 valence electrons. The smallest absolute Gasteiger partial charge is 0.255 e. The lowest BCUT2D eigenvalue weighted by molar-refractivity contribution is -0.148. The molecular weight excluding hydrogens is 461 g/mol. The maximum Gasteiger partial charge on any atom is 0.255 e. The number of allylic oxidation sites excluding steroid dienone is 1. The van der Waals surface area contributed by atoms with Gasteiger partial charge in [0.05, 0.1) is 17.3 Å². The minimum atomic E-state index is -2.72. The fourth-order valence-corrected chi connectivity index (χ4v) is 5.32. The van der Waals surface area contributed by atoms with E-state index in [9.17, 15) is 39.2 Å². The second-order valence-corrected chi connectivity index (χ2v) is 8.61. The van der Waals surface area contributed by atoms with Crippen LogP contribution in [0, 0.1) is 17.7 Å². The number of aromatic hydroxyl groups is 1. The highest BCUT2D eigenvalue weighted by molar-refractivity contribution is 6.24. The van der Waals surface area contributed by atoms with E-state index in [4.69, 9.17) is 11.5 Å². The number of fused-ring (bicyclic) bond motifs is 3. The van der Waals surface area contributed by atoms with Gasteiger partial charge in [0.15, 0.2) is 11.4 Å². The van der Waals surface area contributed by atoms with Crippen LogP contribution in [0.4, 0.5) is 10.1 Å². The van der Waals surface area contributed by atoms with Crippen molar-refractivity contribution in [2.24, 2.45) is 17.6 Å². The fourth-order valence-electron chi connectivity index (χ4n) is 5.32. The summed E-state index contributed by atoms with van der Waals surface area (Å²) >= 11 is 0. The third kappa shape index (κ3) is 3.03. The Morgan fingerprint density at radius 1 is 1.24 bits per heavy atom.